The van der Waals surface area contributed by atoms with E-state index in [9.17, 15) is 4.39 Å². The summed E-state index contributed by atoms with van der Waals surface area (Å²) in [6, 6.07) is 6.21. The summed E-state index contributed by atoms with van der Waals surface area (Å²) in [5.41, 5.74) is 2.09. The van der Waals surface area contributed by atoms with Gasteiger partial charge >= 0.3 is 0 Å². The van der Waals surface area contributed by atoms with Crippen molar-refractivity contribution in [3.8, 4) is 0 Å². The summed E-state index contributed by atoms with van der Waals surface area (Å²) in [7, 11) is 0. The van der Waals surface area contributed by atoms with Crippen molar-refractivity contribution in [1.29, 1.82) is 0 Å². The van der Waals surface area contributed by atoms with Gasteiger partial charge in [0.15, 0.2) is 5.96 Å². The van der Waals surface area contributed by atoms with E-state index >= 15 is 0 Å². The minimum atomic E-state index is -0.194. The molecule has 2 aromatic rings. The Morgan fingerprint density at radius 2 is 1.97 bits per heavy atom. The molecule has 3 N–H and O–H groups in total. The van der Waals surface area contributed by atoms with Gasteiger partial charge in [0.05, 0.1) is 0 Å². The number of hydrogen-bond acceptors (Lipinski definition) is 2. The van der Waals surface area contributed by atoms with Crippen molar-refractivity contribution in [2.75, 3.05) is 26.2 Å². The van der Waals surface area contributed by atoms with Crippen LogP contribution in [-0.4, -0.2) is 54.1 Å². The van der Waals surface area contributed by atoms with Crippen LogP contribution in [-0.2, 0) is 6.42 Å². The molecule has 166 valence electrons. The van der Waals surface area contributed by atoms with Crippen LogP contribution in [0.1, 0.15) is 51.0 Å². The van der Waals surface area contributed by atoms with E-state index in [1.807, 2.05) is 6.20 Å². The lowest BCUT2D eigenvalue weighted by molar-refractivity contribution is 0.150. The smallest absolute Gasteiger partial charge is 0.191 e. The number of H-pyrrole nitrogens is 1. The van der Waals surface area contributed by atoms with Crippen molar-refractivity contribution >= 4 is 40.8 Å². The van der Waals surface area contributed by atoms with Crippen molar-refractivity contribution in [2.45, 2.75) is 64.0 Å². The van der Waals surface area contributed by atoms with Crippen LogP contribution in [0.15, 0.2) is 29.4 Å². The minimum Gasteiger partial charge on any atom is -0.361 e. The van der Waals surface area contributed by atoms with E-state index < -0.39 is 0 Å². The molecule has 1 aliphatic heterocycles. The average Bonchev–Trinajstić information content (AvgIpc) is 3.39. The molecule has 1 aromatic heterocycles. The van der Waals surface area contributed by atoms with Gasteiger partial charge in [0.25, 0.3) is 0 Å². The predicted octanol–water partition coefficient (Wildman–Crippen LogP) is 4.43. The minimum absolute atomic E-state index is 0. The van der Waals surface area contributed by atoms with Crippen molar-refractivity contribution in [1.82, 2.24) is 20.5 Å². The van der Waals surface area contributed by atoms with Gasteiger partial charge in [-0.1, -0.05) is 12.8 Å². The normalized spacial score (nSPS) is 19.2. The monoisotopic (exact) mass is 527 g/mol. The second-order valence-electron chi connectivity index (χ2n) is 8.41. The number of nitrogens with one attached hydrogen (secondary N) is 3. The molecule has 0 radical (unpaired) electrons. The summed E-state index contributed by atoms with van der Waals surface area (Å²) < 4.78 is 13.6. The first-order valence-electron chi connectivity index (χ1n) is 11.3. The number of piperidine rings is 1. The molecule has 4 rings (SSSR count). The van der Waals surface area contributed by atoms with Crippen LogP contribution >= 0.6 is 24.0 Å². The second-order valence-corrected chi connectivity index (χ2v) is 8.41. The molecule has 1 aliphatic carbocycles. The number of rotatable bonds is 6. The van der Waals surface area contributed by atoms with E-state index in [1.54, 1.807) is 12.1 Å². The van der Waals surface area contributed by atoms with Gasteiger partial charge in [-0.05, 0) is 62.8 Å². The summed E-state index contributed by atoms with van der Waals surface area (Å²) in [6.45, 7) is 6.03. The highest BCUT2D eigenvalue weighted by Gasteiger charge is 2.27. The Kier molecular flexibility index (Phi) is 8.80. The number of halogens is 2. The lowest BCUT2D eigenvalue weighted by Gasteiger charge is -2.36. The van der Waals surface area contributed by atoms with Crippen LogP contribution in [0, 0.1) is 5.82 Å². The Balaban J connectivity index is 0.00000256. The Labute approximate surface area is 196 Å². The van der Waals surface area contributed by atoms with Gasteiger partial charge in [-0.25, -0.2) is 4.39 Å². The average molecular weight is 527 g/mol. The molecule has 1 saturated heterocycles. The lowest BCUT2D eigenvalue weighted by atomic mass is 10.0. The fourth-order valence-electron chi connectivity index (χ4n) is 4.84. The number of fused-ring (bicyclic) bond motifs is 1. The number of aromatic amines is 1. The summed E-state index contributed by atoms with van der Waals surface area (Å²) in [6.07, 6.45) is 10.7. The van der Waals surface area contributed by atoms with Gasteiger partial charge in [-0.3, -0.25) is 4.99 Å². The van der Waals surface area contributed by atoms with Crippen LogP contribution in [0.3, 0.4) is 0 Å². The number of nitrogens with zero attached hydrogens (tertiary/aromatic N) is 2. The zero-order chi connectivity index (χ0) is 20.1. The first-order chi connectivity index (χ1) is 14.2. The third-order valence-electron chi connectivity index (χ3n) is 6.44. The Bertz CT molecular complexity index is 822. The number of guanidine groups is 1. The molecule has 0 bridgehead atoms. The molecule has 2 fully saturated rings. The summed E-state index contributed by atoms with van der Waals surface area (Å²) in [5.74, 6) is 0.707. The molecule has 0 unspecified atom stereocenters. The largest absolute Gasteiger partial charge is 0.361 e. The van der Waals surface area contributed by atoms with E-state index in [0.29, 0.717) is 12.6 Å². The third-order valence-corrected chi connectivity index (χ3v) is 6.44. The van der Waals surface area contributed by atoms with Gasteiger partial charge in [0.2, 0.25) is 0 Å². The number of aliphatic imine (C=N–C) groups is 1. The quantitative estimate of drug-likeness (QED) is 0.296. The van der Waals surface area contributed by atoms with E-state index in [2.05, 4.69) is 27.4 Å². The SMILES string of the molecule is CCNC(=NCCc1c[nH]c2ccc(F)cc12)NC1CCN(C2CCCC2)CC1.I. The van der Waals surface area contributed by atoms with E-state index in [-0.39, 0.29) is 29.8 Å². The first-order valence-corrected chi connectivity index (χ1v) is 11.3. The van der Waals surface area contributed by atoms with Gasteiger partial charge in [0, 0.05) is 55.4 Å². The van der Waals surface area contributed by atoms with Crippen LogP contribution in [0.2, 0.25) is 0 Å². The molecule has 0 amide bonds. The highest BCUT2D eigenvalue weighted by Crippen LogP contribution is 2.26. The highest BCUT2D eigenvalue weighted by atomic mass is 127. The van der Waals surface area contributed by atoms with E-state index in [0.717, 1.165) is 41.4 Å². The maximum atomic E-state index is 13.6. The maximum absolute atomic E-state index is 13.6. The van der Waals surface area contributed by atoms with E-state index in [1.165, 1.54) is 57.7 Å². The molecule has 1 aromatic carbocycles. The van der Waals surface area contributed by atoms with Gasteiger partial charge in [-0.15, -0.1) is 24.0 Å². The number of benzene rings is 1. The number of aromatic nitrogens is 1. The number of likely N-dealkylation sites (tertiary alicyclic amines) is 1. The second kappa shape index (κ2) is 11.3. The molecular formula is C23H35FIN5. The molecular weight excluding hydrogens is 492 g/mol. The summed E-state index contributed by atoms with van der Waals surface area (Å²) >= 11 is 0. The zero-order valence-corrected chi connectivity index (χ0v) is 20.3. The third kappa shape index (κ3) is 5.87. The summed E-state index contributed by atoms with van der Waals surface area (Å²) in [5, 5.41) is 7.97. The Hall–Kier alpha value is -1.35. The lowest BCUT2D eigenvalue weighted by Crippen LogP contribution is -2.50. The highest BCUT2D eigenvalue weighted by molar-refractivity contribution is 14.0. The van der Waals surface area contributed by atoms with Gasteiger partial charge in [-0.2, -0.15) is 0 Å². The fourth-order valence-corrected chi connectivity index (χ4v) is 4.84. The van der Waals surface area contributed by atoms with Crippen LogP contribution in [0.4, 0.5) is 4.39 Å². The number of hydrogen-bond donors (Lipinski definition) is 3. The van der Waals surface area contributed by atoms with Crippen LogP contribution < -0.4 is 10.6 Å². The predicted molar refractivity (Wildman–Crippen MR) is 133 cm³/mol. The molecule has 5 nitrogen and oxygen atoms in total. The topological polar surface area (TPSA) is 55.5 Å². The standard InChI is InChI=1S/C23H34FN5.HI/c1-2-25-23(28-19-10-13-29(14-11-19)20-5-3-4-6-20)26-12-9-17-16-27-22-8-7-18(24)15-21(17)22;/h7-8,15-16,19-20,27H,2-6,9-14H2,1H3,(H2,25,26,28);1H. The van der Waals surface area contributed by atoms with Crippen molar-refractivity contribution < 1.29 is 4.39 Å². The maximum Gasteiger partial charge on any atom is 0.191 e. The first kappa shape index (κ1) is 23.3. The molecule has 2 heterocycles. The van der Waals surface area contributed by atoms with Crippen LogP contribution in [0.5, 0.6) is 0 Å². The molecule has 0 atom stereocenters. The molecule has 0 spiro atoms. The van der Waals surface area contributed by atoms with Crippen molar-refractivity contribution in [3.63, 3.8) is 0 Å². The molecule has 7 heteroatoms. The zero-order valence-electron chi connectivity index (χ0n) is 17.9. The molecule has 1 saturated carbocycles. The summed E-state index contributed by atoms with van der Waals surface area (Å²) in [4.78, 5) is 10.7. The Morgan fingerprint density at radius 3 is 2.70 bits per heavy atom. The fraction of sp³-hybridized carbons (Fsp3) is 0.609. The molecule has 30 heavy (non-hydrogen) atoms. The van der Waals surface area contributed by atoms with Crippen molar-refractivity contribution in [3.05, 3.63) is 35.8 Å². The van der Waals surface area contributed by atoms with E-state index in [4.69, 9.17) is 4.99 Å². The van der Waals surface area contributed by atoms with Crippen molar-refractivity contribution in [2.24, 2.45) is 4.99 Å². The Morgan fingerprint density at radius 1 is 1.20 bits per heavy atom. The van der Waals surface area contributed by atoms with Gasteiger partial charge in [0.1, 0.15) is 5.82 Å². The van der Waals surface area contributed by atoms with Crippen LogP contribution in [0.25, 0.3) is 10.9 Å². The van der Waals surface area contributed by atoms with Gasteiger partial charge < -0.3 is 20.5 Å². The molecule has 2 aliphatic rings.